The summed E-state index contributed by atoms with van der Waals surface area (Å²) in [6.45, 7) is 4.25. The van der Waals surface area contributed by atoms with E-state index in [9.17, 15) is 4.79 Å². The summed E-state index contributed by atoms with van der Waals surface area (Å²) < 4.78 is 4.67. The highest BCUT2D eigenvalue weighted by molar-refractivity contribution is 8.00. The fourth-order valence-electron chi connectivity index (χ4n) is 1.80. The average molecular weight is 267 g/mol. The molecule has 0 aliphatic carbocycles. The first-order valence-electron chi connectivity index (χ1n) is 6.05. The van der Waals surface area contributed by atoms with Gasteiger partial charge < -0.3 is 10.5 Å². The SMILES string of the molecule is COC(=O)CSC(C(C)C)C(N)c1ccccc1. The summed E-state index contributed by atoms with van der Waals surface area (Å²) in [5.74, 6) is 0.542. The predicted molar refractivity (Wildman–Crippen MR) is 76.5 cm³/mol. The number of ether oxygens (including phenoxy) is 1. The molecule has 0 aliphatic heterocycles. The van der Waals surface area contributed by atoms with E-state index >= 15 is 0 Å². The van der Waals surface area contributed by atoms with Gasteiger partial charge in [0.05, 0.1) is 12.9 Å². The number of methoxy groups -OCH3 is 1. The molecule has 100 valence electrons. The molecule has 0 spiro atoms. The van der Waals surface area contributed by atoms with Gasteiger partial charge in [0.1, 0.15) is 0 Å². The molecule has 1 rings (SSSR count). The zero-order valence-corrected chi connectivity index (χ0v) is 11.9. The first kappa shape index (κ1) is 15.1. The highest BCUT2D eigenvalue weighted by Gasteiger charge is 2.24. The zero-order valence-electron chi connectivity index (χ0n) is 11.1. The van der Waals surface area contributed by atoms with Crippen LogP contribution in [0.2, 0.25) is 0 Å². The van der Waals surface area contributed by atoms with Crippen molar-refractivity contribution in [3.8, 4) is 0 Å². The van der Waals surface area contributed by atoms with Crippen molar-refractivity contribution in [2.24, 2.45) is 11.7 Å². The van der Waals surface area contributed by atoms with Gasteiger partial charge in [0.15, 0.2) is 0 Å². The summed E-state index contributed by atoms with van der Waals surface area (Å²) in [6, 6.07) is 9.93. The van der Waals surface area contributed by atoms with Gasteiger partial charge in [0, 0.05) is 11.3 Å². The molecular weight excluding hydrogens is 246 g/mol. The molecule has 0 radical (unpaired) electrons. The van der Waals surface area contributed by atoms with Crippen LogP contribution < -0.4 is 5.73 Å². The second-order valence-electron chi connectivity index (χ2n) is 4.53. The van der Waals surface area contributed by atoms with Crippen LogP contribution >= 0.6 is 11.8 Å². The number of carbonyl (C=O) groups is 1. The van der Waals surface area contributed by atoms with Crippen molar-refractivity contribution in [3.05, 3.63) is 35.9 Å². The van der Waals surface area contributed by atoms with Crippen LogP contribution in [0.3, 0.4) is 0 Å². The first-order chi connectivity index (χ1) is 8.56. The Balaban J connectivity index is 2.70. The molecule has 2 atom stereocenters. The summed E-state index contributed by atoms with van der Waals surface area (Å²) in [6.07, 6.45) is 0. The van der Waals surface area contributed by atoms with Crippen molar-refractivity contribution < 1.29 is 9.53 Å². The lowest BCUT2D eigenvalue weighted by Gasteiger charge is -2.26. The van der Waals surface area contributed by atoms with E-state index in [0.717, 1.165) is 5.56 Å². The molecule has 0 fully saturated rings. The Morgan fingerprint density at radius 3 is 2.44 bits per heavy atom. The average Bonchev–Trinajstić information content (AvgIpc) is 2.39. The third kappa shape index (κ3) is 4.35. The summed E-state index contributed by atoms with van der Waals surface area (Å²) in [5.41, 5.74) is 7.40. The number of carbonyl (C=O) groups excluding carboxylic acids is 1. The minimum Gasteiger partial charge on any atom is -0.468 e. The Labute approximate surface area is 113 Å². The van der Waals surface area contributed by atoms with Gasteiger partial charge in [-0.05, 0) is 11.5 Å². The van der Waals surface area contributed by atoms with Crippen LogP contribution in [0.15, 0.2) is 30.3 Å². The number of nitrogens with two attached hydrogens (primary N) is 1. The molecule has 0 bridgehead atoms. The monoisotopic (exact) mass is 267 g/mol. The summed E-state index contributed by atoms with van der Waals surface area (Å²) in [4.78, 5) is 11.2. The molecule has 4 heteroatoms. The van der Waals surface area contributed by atoms with Crippen molar-refractivity contribution in [2.75, 3.05) is 12.9 Å². The molecule has 0 heterocycles. The topological polar surface area (TPSA) is 52.3 Å². The third-order valence-corrected chi connectivity index (χ3v) is 4.44. The van der Waals surface area contributed by atoms with Crippen molar-refractivity contribution >= 4 is 17.7 Å². The van der Waals surface area contributed by atoms with E-state index in [-0.39, 0.29) is 17.3 Å². The molecule has 2 unspecified atom stereocenters. The van der Waals surface area contributed by atoms with Gasteiger partial charge in [-0.25, -0.2) is 0 Å². The Bertz CT molecular complexity index is 367. The third-order valence-electron chi connectivity index (χ3n) is 2.82. The number of benzene rings is 1. The van der Waals surface area contributed by atoms with Crippen LogP contribution in [0, 0.1) is 5.92 Å². The molecule has 1 aromatic carbocycles. The maximum atomic E-state index is 11.2. The van der Waals surface area contributed by atoms with E-state index in [4.69, 9.17) is 5.73 Å². The normalized spacial score (nSPS) is 14.3. The summed E-state index contributed by atoms with van der Waals surface area (Å²) >= 11 is 1.57. The molecule has 2 N–H and O–H groups in total. The lowest BCUT2D eigenvalue weighted by molar-refractivity contribution is -0.137. The van der Waals surface area contributed by atoms with Gasteiger partial charge in [0.25, 0.3) is 0 Å². The molecule has 0 amide bonds. The van der Waals surface area contributed by atoms with Gasteiger partial charge in [-0.2, -0.15) is 0 Å². The number of hydrogen-bond donors (Lipinski definition) is 1. The lowest BCUT2D eigenvalue weighted by atomic mass is 9.97. The second kappa shape index (κ2) is 7.44. The molecule has 0 saturated heterocycles. The molecule has 0 aromatic heterocycles. The Kier molecular flexibility index (Phi) is 6.22. The van der Waals surface area contributed by atoms with Crippen LogP contribution in [-0.2, 0) is 9.53 Å². The van der Waals surface area contributed by atoms with Crippen molar-refractivity contribution in [3.63, 3.8) is 0 Å². The highest BCUT2D eigenvalue weighted by atomic mass is 32.2. The van der Waals surface area contributed by atoms with Crippen LogP contribution in [0.1, 0.15) is 25.5 Å². The van der Waals surface area contributed by atoms with E-state index < -0.39 is 0 Å². The molecule has 0 saturated carbocycles. The maximum Gasteiger partial charge on any atom is 0.315 e. The van der Waals surface area contributed by atoms with Gasteiger partial charge in [-0.15, -0.1) is 11.8 Å². The lowest BCUT2D eigenvalue weighted by Crippen LogP contribution is -2.29. The van der Waals surface area contributed by atoms with E-state index in [1.165, 1.54) is 7.11 Å². The molecule has 0 aliphatic rings. The summed E-state index contributed by atoms with van der Waals surface area (Å²) in [5, 5.41) is 0.200. The van der Waals surface area contributed by atoms with E-state index in [1.54, 1.807) is 11.8 Å². The minimum absolute atomic E-state index is 0.0687. The van der Waals surface area contributed by atoms with Gasteiger partial charge in [-0.3, -0.25) is 4.79 Å². The predicted octanol–water partition coefficient (Wildman–Crippen LogP) is 2.62. The van der Waals surface area contributed by atoms with Gasteiger partial charge in [-0.1, -0.05) is 44.2 Å². The number of rotatable bonds is 6. The fourth-order valence-corrected chi connectivity index (χ4v) is 2.99. The largest absolute Gasteiger partial charge is 0.468 e. The summed E-state index contributed by atoms with van der Waals surface area (Å²) in [7, 11) is 1.41. The Morgan fingerprint density at radius 1 is 1.33 bits per heavy atom. The van der Waals surface area contributed by atoms with Crippen LogP contribution in [0.25, 0.3) is 0 Å². The molecular formula is C14H21NO2S. The van der Waals surface area contributed by atoms with E-state index in [0.29, 0.717) is 11.7 Å². The van der Waals surface area contributed by atoms with Crippen molar-refractivity contribution in [1.29, 1.82) is 0 Å². The number of thioether (sulfide) groups is 1. The van der Waals surface area contributed by atoms with E-state index in [1.807, 2.05) is 30.3 Å². The van der Waals surface area contributed by atoms with Gasteiger partial charge >= 0.3 is 5.97 Å². The minimum atomic E-state index is -0.203. The number of esters is 1. The first-order valence-corrected chi connectivity index (χ1v) is 7.10. The second-order valence-corrected chi connectivity index (χ2v) is 5.70. The standard InChI is InChI=1S/C14H21NO2S/c1-10(2)14(18-9-12(16)17-3)13(15)11-7-5-4-6-8-11/h4-8,10,13-14H,9,15H2,1-3H3. The Hall–Kier alpha value is -1.00. The highest BCUT2D eigenvalue weighted by Crippen LogP contribution is 2.30. The fraction of sp³-hybridized carbons (Fsp3) is 0.500. The molecule has 3 nitrogen and oxygen atoms in total. The van der Waals surface area contributed by atoms with E-state index in [2.05, 4.69) is 18.6 Å². The molecule has 1 aromatic rings. The van der Waals surface area contributed by atoms with Crippen LogP contribution in [0.4, 0.5) is 0 Å². The van der Waals surface area contributed by atoms with Crippen molar-refractivity contribution in [1.82, 2.24) is 0 Å². The smallest absolute Gasteiger partial charge is 0.315 e. The van der Waals surface area contributed by atoms with Crippen LogP contribution in [-0.4, -0.2) is 24.1 Å². The zero-order chi connectivity index (χ0) is 13.5. The van der Waals surface area contributed by atoms with Crippen molar-refractivity contribution in [2.45, 2.75) is 25.1 Å². The van der Waals surface area contributed by atoms with Crippen LogP contribution in [0.5, 0.6) is 0 Å². The maximum absolute atomic E-state index is 11.2. The number of hydrogen-bond acceptors (Lipinski definition) is 4. The van der Waals surface area contributed by atoms with Gasteiger partial charge in [0.2, 0.25) is 0 Å². The molecule has 18 heavy (non-hydrogen) atoms. The Morgan fingerprint density at radius 2 is 1.94 bits per heavy atom. The quantitative estimate of drug-likeness (QED) is 0.805.